The summed E-state index contributed by atoms with van der Waals surface area (Å²) in [7, 11) is -5.52. The second-order valence-electron chi connectivity index (χ2n) is 11.9. The number of rotatable bonds is 19. The summed E-state index contributed by atoms with van der Waals surface area (Å²) in [5.74, 6) is -0.899. The number of ether oxygens (including phenoxy) is 6. The van der Waals surface area contributed by atoms with Crippen LogP contribution < -0.4 is 32.0 Å². The molecule has 2 unspecified atom stereocenters. The van der Waals surface area contributed by atoms with Gasteiger partial charge in [0.15, 0.2) is 0 Å². The third-order valence-electron chi connectivity index (χ3n) is 7.24. The number of carbonyl (C=O) groups is 4. The van der Waals surface area contributed by atoms with E-state index in [1.54, 1.807) is 38.2 Å². The van der Waals surface area contributed by atoms with E-state index in [4.69, 9.17) is 74.5 Å². The third-order valence-corrected chi connectivity index (χ3v) is 9.99. The van der Waals surface area contributed by atoms with Gasteiger partial charge >= 0.3 is 24.2 Å². The molecule has 4 aromatic rings. The van der Waals surface area contributed by atoms with Crippen LogP contribution in [0, 0.1) is 0 Å². The van der Waals surface area contributed by atoms with Crippen molar-refractivity contribution in [2.75, 3.05) is 44.0 Å². The van der Waals surface area contributed by atoms with Crippen LogP contribution in [0.15, 0.2) is 79.7 Å². The monoisotopic (exact) mass is 1020 g/mol. The maximum absolute atomic E-state index is 12.7. The Bertz CT molecular complexity index is 2370. The minimum Gasteiger partial charge on any atom is -0.467 e. The number of esters is 2. The summed E-state index contributed by atoms with van der Waals surface area (Å²) >= 11 is 12.0. The Morgan fingerprint density at radius 1 is 0.742 bits per heavy atom. The largest absolute Gasteiger partial charge is 0.511 e. The van der Waals surface area contributed by atoms with Crippen molar-refractivity contribution >= 4 is 78.9 Å². The first-order valence-corrected chi connectivity index (χ1v) is 22.0. The van der Waals surface area contributed by atoms with E-state index in [-0.39, 0.29) is 80.2 Å². The first-order valence-electron chi connectivity index (χ1n) is 19.8. The van der Waals surface area contributed by atoms with Gasteiger partial charge in [0.05, 0.1) is 58.2 Å². The molecule has 4 rings (SSSR count). The zero-order chi connectivity index (χ0) is 50.0. The van der Waals surface area contributed by atoms with E-state index in [0.29, 0.717) is 25.0 Å². The van der Waals surface area contributed by atoms with Gasteiger partial charge in [-0.05, 0) is 55.6 Å². The zero-order valence-electron chi connectivity index (χ0n) is 37.2. The fraction of sp³-hybridized carbons (Fsp3) is 0.400. The molecular formula is C40H60Cl2N6O16S2. The summed E-state index contributed by atoms with van der Waals surface area (Å²) in [6, 6.07) is 11.1. The topological polar surface area (TPSA) is 332 Å². The first-order chi connectivity index (χ1) is 31.1. The molecule has 0 bridgehead atoms. The van der Waals surface area contributed by atoms with Crippen molar-refractivity contribution in [1.29, 1.82) is 0 Å². The number of sulfonamides is 2. The number of nitrogens with one attached hydrogen (secondary N) is 3. The number of nitrogens with two attached hydrogens (primary N) is 3. The number of carbonyl (C=O) groups excluding carboxylic acids is 4. The first kappa shape index (κ1) is 58.4. The number of anilines is 2. The molecule has 0 amide bonds. The molecule has 2 atom stereocenters. The number of hydrogen-bond donors (Lipinski definition) is 6. The summed E-state index contributed by atoms with van der Waals surface area (Å²) in [4.78, 5) is 47.3. The summed E-state index contributed by atoms with van der Waals surface area (Å²) in [6.45, 7) is 5.68. The average Bonchev–Trinajstić information content (AvgIpc) is 3.97. The van der Waals surface area contributed by atoms with Crippen molar-refractivity contribution < 1.29 is 76.0 Å². The van der Waals surface area contributed by atoms with Crippen LogP contribution in [-0.4, -0.2) is 87.0 Å². The van der Waals surface area contributed by atoms with Gasteiger partial charge in [0.2, 0.25) is 32.6 Å². The maximum atomic E-state index is 12.7. The van der Waals surface area contributed by atoms with Crippen molar-refractivity contribution in [3.63, 3.8) is 0 Å². The standard InChI is InChI=1S/C18H22ClN3O8S.C17H20ClN3O8S.C2H6.3CH4/c1-11(30-18(24)28-7-5-21-2)29-17(23)13-8-16(31(20,25)26)14(19)9-15(13)22-10-12-4-3-6-27-12;1-10(29-17(23)27-6-4-19)28-16(22)12-7-15(30(20,24)25)13(18)8-14(12)21-9-11-3-2-5-26-11;1-2;;;/h3-4,6,8-9,11,21-22H,5,7,10H2,1-2H3,(H2,20,25,26);2-3,5,7-8,10,21H,4,6,9,19H2,1H3,(H2,20,24,25);1-2H3;3*1H4/i;;1D;1T;;. The van der Waals surface area contributed by atoms with Gasteiger partial charge in [-0.25, -0.2) is 46.3 Å². The molecule has 0 spiro atoms. The normalized spacial score (nSPS) is 11.6. The van der Waals surface area contributed by atoms with Crippen LogP contribution in [0.3, 0.4) is 0 Å². The smallest absolute Gasteiger partial charge is 0.467 e. The molecule has 0 aliphatic heterocycles. The Morgan fingerprint density at radius 3 is 1.44 bits per heavy atom. The Morgan fingerprint density at radius 2 is 1.12 bits per heavy atom. The minimum atomic E-state index is -4.23. The second-order valence-corrected chi connectivity index (χ2v) is 15.8. The number of furan rings is 2. The molecule has 2 aromatic carbocycles. The Labute approximate surface area is 397 Å². The Hall–Kier alpha value is -5.60. The van der Waals surface area contributed by atoms with Crippen LogP contribution in [0.2, 0.25) is 10.0 Å². The van der Waals surface area contributed by atoms with Crippen LogP contribution in [0.5, 0.6) is 0 Å². The zero-order valence-corrected chi connectivity index (χ0v) is 38.4. The Kier molecular flexibility index (Phi) is 27.1. The number of hydrogen-bond acceptors (Lipinski definition) is 20. The molecule has 0 saturated heterocycles. The number of halogens is 2. The minimum absolute atomic E-state index is 0. The molecule has 9 N–H and O–H groups in total. The van der Waals surface area contributed by atoms with Gasteiger partial charge in [-0.2, -0.15) is 0 Å². The van der Waals surface area contributed by atoms with Gasteiger partial charge in [-0.1, -0.05) is 59.3 Å². The molecule has 22 nitrogen and oxygen atoms in total. The fourth-order valence-corrected chi connectivity index (χ4v) is 6.76. The van der Waals surface area contributed by atoms with Gasteiger partial charge in [0.1, 0.15) is 34.5 Å². The molecule has 0 fully saturated rings. The molecule has 2 heterocycles. The van der Waals surface area contributed by atoms with Gasteiger partial charge in [0.25, 0.3) is 0 Å². The molecule has 0 saturated carbocycles. The van der Waals surface area contributed by atoms with Crippen LogP contribution in [0.1, 0.15) is 84.9 Å². The second kappa shape index (κ2) is 30.6. The highest BCUT2D eigenvalue weighted by Gasteiger charge is 2.26. The van der Waals surface area contributed by atoms with Crippen molar-refractivity contribution in [3.8, 4) is 0 Å². The van der Waals surface area contributed by atoms with Gasteiger partial charge in [0, 0.05) is 29.7 Å². The van der Waals surface area contributed by atoms with E-state index in [1.807, 2.05) is 0 Å². The van der Waals surface area contributed by atoms with Gasteiger partial charge in [-0.15, -0.1) is 0 Å². The number of benzene rings is 2. The van der Waals surface area contributed by atoms with E-state index in [1.165, 1.54) is 45.9 Å². The maximum Gasteiger partial charge on any atom is 0.511 e. The molecule has 66 heavy (non-hydrogen) atoms. The fourth-order valence-electron chi connectivity index (χ4n) is 4.56. The van der Waals surface area contributed by atoms with Crippen LogP contribution in [0.4, 0.5) is 21.0 Å². The molecular weight excluding hydrogens is 956 g/mol. The van der Waals surface area contributed by atoms with Crippen LogP contribution in [-0.2, 0) is 61.6 Å². The van der Waals surface area contributed by atoms with Crippen LogP contribution >= 0.6 is 23.2 Å². The number of likely N-dealkylation sites (N-methyl/N-ethyl adjacent to an activating group) is 1. The SMILES string of the molecule is C.C.CC(OC(=O)OCCN)OC(=O)c1cc(S(N)(=O)=O)c(Cl)cc1NCc1ccco1.CNCCOC(=O)OC(C)OC(=O)c1cc(S(N)(=O)=O)c(Cl)cc1NCc1ccco1.[2H]CC.[3H]C. The van der Waals surface area contributed by atoms with E-state index < -0.39 is 66.7 Å². The average molecular weight is 1020 g/mol. The number of primary sulfonamides is 2. The van der Waals surface area contributed by atoms with E-state index in [9.17, 15) is 36.0 Å². The lowest BCUT2D eigenvalue weighted by atomic mass is 10.1. The van der Waals surface area contributed by atoms with Crippen molar-refractivity contribution in [1.82, 2.24) is 5.32 Å². The van der Waals surface area contributed by atoms with Crippen molar-refractivity contribution in [2.45, 2.75) is 85.4 Å². The summed E-state index contributed by atoms with van der Waals surface area (Å²) in [5, 5.41) is 18.5. The molecule has 0 aliphatic carbocycles. The van der Waals surface area contributed by atoms with E-state index >= 15 is 0 Å². The Balaban J connectivity index is 0. The van der Waals surface area contributed by atoms with Crippen molar-refractivity contribution in [2.24, 2.45) is 16.0 Å². The lowest BCUT2D eigenvalue weighted by molar-refractivity contribution is -0.0830. The highest BCUT2D eigenvalue weighted by molar-refractivity contribution is 7.89. The molecule has 2 aromatic heterocycles. The van der Waals surface area contributed by atoms with E-state index in [0.717, 1.165) is 12.1 Å². The summed E-state index contributed by atoms with van der Waals surface area (Å²) < 4.78 is 98.6. The summed E-state index contributed by atoms with van der Waals surface area (Å²) in [5.41, 5.74) is 5.10. The lowest BCUT2D eigenvalue weighted by Gasteiger charge is -2.17. The van der Waals surface area contributed by atoms with Gasteiger partial charge in [-0.3, -0.25) is 0 Å². The summed E-state index contributed by atoms with van der Waals surface area (Å²) in [6.07, 6.45) is -1.84. The quantitative estimate of drug-likeness (QED) is 0.0243. The third kappa shape index (κ3) is 21.1. The van der Waals surface area contributed by atoms with Crippen molar-refractivity contribution in [3.05, 3.63) is 93.7 Å². The molecule has 0 aliphatic rings. The predicted molar refractivity (Wildman–Crippen MR) is 247 cm³/mol. The lowest BCUT2D eigenvalue weighted by Crippen LogP contribution is -2.25. The highest BCUT2D eigenvalue weighted by Crippen LogP contribution is 2.31. The van der Waals surface area contributed by atoms with E-state index in [2.05, 4.69) is 20.7 Å². The van der Waals surface area contributed by atoms with Gasteiger partial charge < -0.3 is 58.9 Å². The highest BCUT2D eigenvalue weighted by atomic mass is 35.5. The molecule has 372 valence electrons. The van der Waals surface area contributed by atoms with Crippen LogP contribution in [0.25, 0.3) is 0 Å². The predicted octanol–water partition coefficient (Wildman–Crippen LogP) is 6.81. The molecule has 0 radical (unpaired) electrons. The molecule has 26 heteroatoms.